The Hall–Kier alpha value is -2.28. The van der Waals surface area contributed by atoms with Crippen molar-refractivity contribution in [2.45, 2.75) is 31.3 Å². The number of carbonyl (C=O) groups excluding carboxylic acids is 1. The molecular weight excluding hydrogens is 358 g/mol. The Labute approximate surface area is 165 Å². The summed E-state index contributed by atoms with van der Waals surface area (Å²) in [6.45, 7) is 7.85. The fourth-order valence-corrected chi connectivity index (χ4v) is 3.57. The molecule has 1 aliphatic rings. The number of piperazine rings is 1. The van der Waals surface area contributed by atoms with Crippen LogP contribution in [0.1, 0.15) is 20.3 Å². The van der Waals surface area contributed by atoms with Crippen LogP contribution >= 0.6 is 11.8 Å². The molecule has 144 valence electrons. The second-order valence-corrected chi connectivity index (χ2v) is 7.70. The van der Waals surface area contributed by atoms with Crippen LogP contribution in [0.5, 0.6) is 0 Å². The Bertz CT molecular complexity index is 717. The fraction of sp³-hybridized carbons (Fsp3) is 0.450. The zero-order valence-corrected chi connectivity index (χ0v) is 16.8. The lowest BCUT2D eigenvalue weighted by molar-refractivity contribution is -0.119. The van der Waals surface area contributed by atoms with Gasteiger partial charge in [0.25, 0.3) is 0 Å². The summed E-state index contributed by atoms with van der Waals surface area (Å²) in [5.41, 5.74) is 1.27. The van der Waals surface area contributed by atoms with E-state index in [1.807, 2.05) is 25.1 Å². The Balaban J connectivity index is 1.47. The molecule has 1 N–H and O–H groups in total. The van der Waals surface area contributed by atoms with Crippen molar-refractivity contribution in [3.05, 3.63) is 42.5 Å². The number of anilines is 2. The number of thioether (sulfide) groups is 1. The van der Waals surface area contributed by atoms with Crippen LogP contribution in [-0.2, 0) is 4.79 Å². The standard InChI is InChI=1S/C20H27N5OS/c1-3-16(2)21-19(26)15-27-20-10-9-18(22-23-20)25-13-11-24(12-14-25)17-7-5-4-6-8-17/h4-10,16H,3,11-15H2,1-2H3,(H,21,26)/t16-/m0/s1. The summed E-state index contributed by atoms with van der Waals surface area (Å²) in [5.74, 6) is 1.31. The van der Waals surface area contributed by atoms with E-state index in [4.69, 9.17) is 0 Å². The molecule has 1 aromatic carbocycles. The minimum atomic E-state index is 0.0391. The van der Waals surface area contributed by atoms with Crippen LogP contribution in [-0.4, -0.2) is 54.1 Å². The van der Waals surface area contributed by atoms with E-state index < -0.39 is 0 Å². The van der Waals surface area contributed by atoms with Gasteiger partial charge in [-0.15, -0.1) is 10.2 Å². The third-order valence-electron chi connectivity index (χ3n) is 4.72. The van der Waals surface area contributed by atoms with Crippen molar-refractivity contribution in [1.29, 1.82) is 0 Å². The molecule has 1 aromatic heterocycles. The summed E-state index contributed by atoms with van der Waals surface area (Å²) in [7, 11) is 0. The normalized spacial score (nSPS) is 15.5. The number of aromatic nitrogens is 2. The number of nitrogens with one attached hydrogen (secondary N) is 1. The number of carbonyl (C=O) groups is 1. The van der Waals surface area contributed by atoms with Crippen molar-refractivity contribution in [2.75, 3.05) is 41.7 Å². The van der Waals surface area contributed by atoms with Gasteiger partial charge in [-0.25, -0.2) is 0 Å². The lowest BCUT2D eigenvalue weighted by atomic mass is 10.2. The average Bonchev–Trinajstić information content (AvgIpc) is 2.73. The van der Waals surface area contributed by atoms with Gasteiger partial charge in [0.2, 0.25) is 5.91 Å². The first-order valence-corrected chi connectivity index (χ1v) is 10.4. The maximum atomic E-state index is 11.9. The third-order valence-corrected chi connectivity index (χ3v) is 5.64. The minimum absolute atomic E-state index is 0.0391. The van der Waals surface area contributed by atoms with Crippen molar-refractivity contribution >= 4 is 29.2 Å². The van der Waals surface area contributed by atoms with Gasteiger partial charge < -0.3 is 15.1 Å². The number of nitrogens with zero attached hydrogens (tertiary/aromatic N) is 4. The second kappa shape index (κ2) is 9.60. The summed E-state index contributed by atoms with van der Waals surface area (Å²) in [4.78, 5) is 16.5. The van der Waals surface area contributed by atoms with E-state index in [-0.39, 0.29) is 11.9 Å². The molecule has 0 aliphatic carbocycles. The molecule has 0 radical (unpaired) electrons. The molecule has 1 atom stereocenters. The van der Waals surface area contributed by atoms with Crippen LogP contribution in [0.2, 0.25) is 0 Å². The van der Waals surface area contributed by atoms with E-state index in [1.165, 1.54) is 17.4 Å². The van der Waals surface area contributed by atoms with E-state index in [0.717, 1.165) is 43.4 Å². The zero-order valence-electron chi connectivity index (χ0n) is 16.0. The van der Waals surface area contributed by atoms with Gasteiger partial charge in [0.05, 0.1) is 5.75 Å². The van der Waals surface area contributed by atoms with E-state index >= 15 is 0 Å². The average molecular weight is 386 g/mol. The molecule has 1 saturated heterocycles. The maximum Gasteiger partial charge on any atom is 0.230 e. The number of amides is 1. The topological polar surface area (TPSA) is 61.4 Å². The molecule has 0 saturated carbocycles. The Kier molecular flexibility index (Phi) is 6.92. The highest BCUT2D eigenvalue weighted by Crippen LogP contribution is 2.20. The maximum absolute atomic E-state index is 11.9. The van der Waals surface area contributed by atoms with Gasteiger partial charge in [-0.3, -0.25) is 4.79 Å². The van der Waals surface area contributed by atoms with Crippen molar-refractivity contribution in [2.24, 2.45) is 0 Å². The molecule has 0 unspecified atom stereocenters. The predicted molar refractivity (Wildman–Crippen MR) is 112 cm³/mol. The first kappa shape index (κ1) is 19.5. The van der Waals surface area contributed by atoms with E-state index in [0.29, 0.717) is 5.75 Å². The highest BCUT2D eigenvalue weighted by Gasteiger charge is 2.18. The fourth-order valence-electron chi connectivity index (χ4n) is 2.95. The van der Waals surface area contributed by atoms with Crippen LogP contribution < -0.4 is 15.1 Å². The number of rotatable bonds is 7. The summed E-state index contributed by atoms with van der Waals surface area (Å²) in [6, 6.07) is 14.7. The molecule has 1 aliphatic heterocycles. The van der Waals surface area contributed by atoms with Gasteiger partial charge in [0.15, 0.2) is 5.82 Å². The minimum Gasteiger partial charge on any atom is -0.368 e. The molecular formula is C20H27N5OS. The van der Waals surface area contributed by atoms with E-state index in [1.54, 1.807) is 0 Å². The van der Waals surface area contributed by atoms with Gasteiger partial charge in [-0.2, -0.15) is 0 Å². The molecule has 1 fully saturated rings. The molecule has 6 nitrogen and oxygen atoms in total. The Morgan fingerprint density at radius 1 is 1.07 bits per heavy atom. The molecule has 7 heteroatoms. The highest BCUT2D eigenvalue weighted by molar-refractivity contribution is 7.99. The molecule has 2 aromatic rings. The van der Waals surface area contributed by atoms with Gasteiger partial charge in [0, 0.05) is 37.9 Å². The van der Waals surface area contributed by atoms with Crippen LogP contribution in [0, 0.1) is 0 Å². The van der Waals surface area contributed by atoms with Crippen molar-refractivity contribution < 1.29 is 4.79 Å². The van der Waals surface area contributed by atoms with Crippen molar-refractivity contribution in [3.63, 3.8) is 0 Å². The molecule has 27 heavy (non-hydrogen) atoms. The molecule has 3 rings (SSSR count). The Morgan fingerprint density at radius 3 is 2.41 bits per heavy atom. The first-order chi connectivity index (χ1) is 13.2. The summed E-state index contributed by atoms with van der Waals surface area (Å²) in [5, 5.41) is 12.4. The van der Waals surface area contributed by atoms with Crippen LogP contribution in [0.3, 0.4) is 0 Å². The number of hydrogen-bond donors (Lipinski definition) is 1. The monoisotopic (exact) mass is 385 g/mol. The van der Waals surface area contributed by atoms with Crippen LogP contribution in [0.15, 0.2) is 47.5 Å². The lowest BCUT2D eigenvalue weighted by Gasteiger charge is -2.36. The SMILES string of the molecule is CC[C@H](C)NC(=O)CSc1ccc(N2CCN(c3ccccc3)CC2)nn1. The molecule has 1 amide bonds. The summed E-state index contributed by atoms with van der Waals surface area (Å²) >= 11 is 1.42. The predicted octanol–water partition coefficient (Wildman–Crippen LogP) is 2.81. The van der Waals surface area contributed by atoms with E-state index in [9.17, 15) is 4.79 Å². The Morgan fingerprint density at radius 2 is 1.78 bits per heavy atom. The molecule has 0 bridgehead atoms. The van der Waals surface area contributed by atoms with Crippen molar-refractivity contribution in [1.82, 2.24) is 15.5 Å². The second-order valence-electron chi connectivity index (χ2n) is 6.70. The number of para-hydroxylation sites is 1. The lowest BCUT2D eigenvalue weighted by Crippen LogP contribution is -2.46. The van der Waals surface area contributed by atoms with Crippen LogP contribution in [0.25, 0.3) is 0 Å². The smallest absolute Gasteiger partial charge is 0.230 e. The molecule has 0 spiro atoms. The summed E-state index contributed by atoms with van der Waals surface area (Å²) < 4.78 is 0. The summed E-state index contributed by atoms with van der Waals surface area (Å²) in [6.07, 6.45) is 0.933. The third kappa shape index (κ3) is 5.60. The van der Waals surface area contributed by atoms with E-state index in [2.05, 4.69) is 56.5 Å². The van der Waals surface area contributed by atoms with Gasteiger partial charge in [0.1, 0.15) is 5.03 Å². The largest absolute Gasteiger partial charge is 0.368 e. The van der Waals surface area contributed by atoms with Crippen molar-refractivity contribution in [3.8, 4) is 0 Å². The zero-order chi connectivity index (χ0) is 19.1. The van der Waals surface area contributed by atoms with Gasteiger partial charge >= 0.3 is 0 Å². The molecule has 2 heterocycles. The van der Waals surface area contributed by atoms with Crippen LogP contribution in [0.4, 0.5) is 11.5 Å². The first-order valence-electron chi connectivity index (χ1n) is 9.46. The quantitative estimate of drug-likeness (QED) is 0.740. The number of benzene rings is 1. The number of hydrogen-bond acceptors (Lipinski definition) is 6. The van der Waals surface area contributed by atoms with Gasteiger partial charge in [-0.05, 0) is 37.6 Å². The van der Waals surface area contributed by atoms with Gasteiger partial charge in [-0.1, -0.05) is 36.9 Å². The highest BCUT2D eigenvalue weighted by atomic mass is 32.2.